The molecule has 0 aliphatic heterocycles. The van der Waals surface area contributed by atoms with Crippen LogP contribution in [0, 0.1) is 0 Å². The predicted octanol–water partition coefficient (Wildman–Crippen LogP) is 2.54. The molecule has 0 aliphatic rings. The van der Waals surface area contributed by atoms with Crippen molar-refractivity contribution in [1.82, 2.24) is 4.90 Å². The van der Waals surface area contributed by atoms with E-state index in [2.05, 4.69) is 0 Å². The summed E-state index contributed by atoms with van der Waals surface area (Å²) in [5, 5.41) is 9.58. The largest absolute Gasteiger partial charge is 0.418 e. The highest BCUT2D eigenvalue weighted by atomic mass is 35.5. The fourth-order valence-corrected chi connectivity index (χ4v) is 1.74. The molecule has 1 unspecified atom stereocenters. The third-order valence-corrected chi connectivity index (χ3v) is 2.69. The average molecular weight is 283 g/mol. The predicted molar refractivity (Wildman–Crippen MR) is 64.4 cm³/mol. The topological polar surface area (TPSA) is 49.5 Å². The van der Waals surface area contributed by atoms with E-state index in [9.17, 15) is 18.3 Å². The lowest BCUT2D eigenvalue weighted by Gasteiger charge is -2.19. The van der Waals surface area contributed by atoms with Crippen molar-refractivity contribution >= 4 is 17.3 Å². The highest BCUT2D eigenvalue weighted by molar-refractivity contribution is 6.33. The Labute approximate surface area is 108 Å². The molecule has 0 saturated heterocycles. The Morgan fingerprint density at radius 2 is 1.94 bits per heavy atom. The number of anilines is 1. The summed E-state index contributed by atoms with van der Waals surface area (Å²) in [6, 6.07) is 2.08. The van der Waals surface area contributed by atoms with E-state index < -0.39 is 23.5 Å². The molecule has 0 radical (unpaired) electrons. The van der Waals surface area contributed by atoms with Gasteiger partial charge in [-0.15, -0.1) is 0 Å². The fraction of sp³-hybridized carbons (Fsp3) is 0.455. The molecule has 1 aromatic rings. The van der Waals surface area contributed by atoms with Crippen LogP contribution < -0.4 is 5.73 Å². The Kier molecular flexibility index (Phi) is 4.47. The summed E-state index contributed by atoms with van der Waals surface area (Å²) in [5.74, 6) is 0. The Morgan fingerprint density at radius 1 is 1.39 bits per heavy atom. The van der Waals surface area contributed by atoms with Gasteiger partial charge in [0, 0.05) is 6.54 Å². The van der Waals surface area contributed by atoms with E-state index in [-0.39, 0.29) is 17.1 Å². The number of aliphatic hydroxyl groups excluding tert-OH is 1. The summed E-state index contributed by atoms with van der Waals surface area (Å²) in [7, 11) is 3.40. The van der Waals surface area contributed by atoms with Crippen molar-refractivity contribution in [3.05, 3.63) is 28.3 Å². The minimum absolute atomic E-state index is 0.0928. The van der Waals surface area contributed by atoms with Crippen LogP contribution in [-0.2, 0) is 6.18 Å². The molecular formula is C11H14ClF3N2O. The van der Waals surface area contributed by atoms with Gasteiger partial charge in [-0.3, -0.25) is 0 Å². The summed E-state index contributed by atoms with van der Waals surface area (Å²) in [6.45, 7) is 0.192. The van der Waals surface area contributed by atoms with Gasteiger partial charge in [0.2, 0.25) is 0 Å². The molecule has 0 fully saturated rings. The van der Waals surface area contributed by atoms with Crippen molar-refractivity contribution in [2.45, 2.75) is 12.3 Å². The molecule has 0 aliphatic carbocycles. The second kappa shape index (κ2) is 5.34. The molecule has 1 atom stereocenters. The molecule has 3 nitrogen and oxygen atoms in total. The molecule has 0 aromatic heterocycles. The molecule has 3 N–H and O–H groups in total. The van der Waals surface area contributed by atoms with Crippen LogP contribution in [0.15, 0.2) is 12.1 Å². The van der Waals surface area contributed by atoms with Crippen LogP contribution >= 0.6 is 11.6 Å². The molecule has 1 rings (SSSR count). The zero-order valence-electron chi connectivity index (χ0n) is 9.92. The third-order valence-electron chi connectivity index (χ3n) is 2.38. The maximum atomic E-state index is 12.7. The zero-order valence-corrected chi connectivity index (χ0v) is 10.7. The second-order valence-corrected chi connectivity index (χ2v) is 4.65. The van der Waals surface area contributed by atoms with Gasteiger partial charge in [-0.2, -0.15) is 13.2 Å². The van der Waals surface area contributed by atoms with Gasteiger partial charge in [0.25, 0.3) is 0 Å². The van der Waals surface area contributed by atoms with Crippen LogP contribution in [0.2, 0.25) is 5.02 Å². The van der Waals surface area contributed by atoms with E-state index in [0.717, 1.165) is 6.07 Å². The fourth-order valence-electron chi connectivity index (χ4n) is 1.52. The molecule has 0 heterocycles. The first-order valence-electron chi connectivity index (χ1n) is 5.12. The first-order chi connectivity index (χ1) is 8.12. The Hall–Kier alpha value is -0.980. The lowest BCUT2D eigenvalue weighted by Crippen LogP contribution is -2.20. The number of alkyl halides is 3. The molecule has 0 bridgehead atoms. The first-order valence-corrected chi connectivity index (χ1v) is 5.49. The molecule has 7 heteroatoms. The maximum Gasteiger partial charge on any atom is 0.418 e. The summed E-state index contributed by atoms with van der Waals surface area (Å²) in [5.41, 5.74) is 3.84. The van der Waals surface area contributed by atoms with Crippen LogP contribution in [0.4, 0.5) is 18.9 Å². The van der Waals surface area contributed by atoms with Crippen molar-refractivity contribution in [2.75, 3.05) is 26.4 Å². The number of nitrogens with two attached hydrogens (primary N) is 1. The SMILES string of the molecule is CN(C)CC(O)c1cc(Cl)c(N)c(C(F)(F)F)c1. The standard InChI is InChI=1S/C11H14ClF3N2O/c1-17(2)5-9(18)6-3-7(11(13,14)15)10(16)8(12)4-6/h3-4,9,18H,5,16H2,1-2H3. The molecule has 1 aromatic carbocycles. The molecular weight excluding hydrogens is 269 g/mol. The Morgan fingerprint density at radius 3 is 2.39 bits per heavy atom. The van der Waals surface area contributed by atoms with E-state index in [1.165, 1.54) is 6.07 Å². The van der Waals surface area contributed by atoms with E-state index in [4.69, 9.17) is 17.3 Å². The second-order valence-electron chi connectivity index (χ2n) is 4.24. The molecule has 0 saturated carbocycles. The van der Waals surface area contributed by atoms with E-state index >= 15 is 0 Å². The van der Waals surface area contributed by atoms with Crippen molar-refractivity contribution in [1.29, 1.82) is 0 Å². The number of aliphatic hydroxyl groups is 1. The van der Waals surface area contributed by atoms with Gasteiger partial charge in [-0.25, -0.2) is 0 Å². The molecule has 0 spiro atoms. The number of likely N-dealkylation sites (N-methyl/N-ethyl adjacent to an activating group) is 1. The van der Waals surface area contributed by atoms with Gasteiger partial charge in [-0.05, 0) is 31.8 Å². The van der Waals surface area contributed by atoms with Crippen molar-refractivity contribution < 1.29 is 18.3 Å². The van der Waals surface area contributed by atoms with Crippen LogP contribution in [0.5, 0.6) is 0 Å². The number of halogens is 4. The lowest BCUT2D eigenvalue weighted by molar-refractivity contribution is -0.137. The number of hydrogen-bond acceptors (Lipinski definition) is 3. The third kappa shape index (κ3) is 3.51. The van der Waals surface area contributed by atoms with Gasteiger partial charge in [0.05, 0.1) is 22.4 Å². The first kappa shape index (κ1) is 15.1. The van der Waals surface area contributed by atoms with Crippen molar-refractivity contribution in [3.63, 3.8) is 0 Å². The van der Waals surface area contributed by atoms with Gasteiger partial charge in [0.1, 0.15) is 0 Å². The average Bonchev–Trinajstić information content (AvgIpc) is 2.18. The van der Waals surface area contributed by atoms with E-state index in [1.807, 2.05) is 0 Å². The van der Waals surface area contributed by atoms with Crippen LogP contribution in [-0.4, -0.2) is 30.6 Å². The maximum absolute atomic E-state index is 12.7. The monoisotopic (exact) mass is 282 g/mol. The van der Waals surface area contributed by atoms with Gasteiger partial charge < -0.3 is 15.7 Å². The minimum Gasteiger partial charge on any atom is -0.397 e. The summed E-state index contributed by atoms with van der Waals surface area (Å²) < 4.78 is 38.1. The van der Waals surface area contributed by atoms with Gasteiger partial charge >= 0.3 is 6.18 Å². The van der Waals surface area contributed by atoms with Crippen molar-refractivity contribution in [2.24, 2.45) is 0 Å². The number of nitrogens with zero attached hydrogens (tertiary/aromatic N) is 1. The number of benzene rings is 1. The van der Waals surface area contributed by atoms with E-state index in [1.54, 1.807) is 19.0 Å². The number of rotatable bonds is 3. The van der Waals surface area contributed by atoms with Gasteiger partial charge in [-0.1, -0.05) is 11.6 Å². The zero-order chi connectivity index (χ0) is 14.1. The van der Waals surface area contributed by atoms with Crippen LogP contribution in [0.25, 0.3) is 0 Å². The van der Waals surface area contributed by atoms with E-state index in [0.29, 0.717) is 0 Å². The number of nitrogen functional groups attached to an aromatic ring is 1. The van der Waals surface area contributed by atoms with Crippen LogP contribution in [0.1, 0.15) is 17.2 Å². The van der Waals surface area contributed by atoms with Crippen molar-refractivity contribution in [3.8, 4) is 0 Å². The summed E-state index contributed by atoms with van der Waals surface area (Å²) >= 11 is 5.66. The quantitative estimate of drug-likeness (QED) is 0.838. The lowest BCUT2D eigenvalue weighted by atomic mass is 10.0. The van der Waals surface area contributed by atoms with Gasteiger partial charge in [0.15, 0.2) is 0 Å². The highest BCUT2D eigenvalue weighted by Crippen LogP contribution is 2.38. The summed E-state index contributed by atoms with van der Waals surface area (Å²) in [6.07, 6.45) is -5.65. The summed E-state index contributed by atoms with van der Waals surface area (Å²) in [4.78, 5) is 1.65. The molecule has 0 amide bonds. The Balaban J connectivity index is 3.20. The normalized spacial score (nSPS) is 14.0. The Bertz CT molecular complexity index is 435. The highest BCUT2D eigenvalue weighted by Gasteiger charge is 2.34. The minimum atomic E-state index is -4.60. The smallest absolute Gasteiger partial charge is 0.397 e. The molecule has 18 heavy (non-hydrogen) atoms. The van der Waals surface area contributed by atoms with Crippen LogP contribution in [0.3, 0.4) is 0 Å². The number of hydrogen-bond donors (Lipinski definition) is 2. The molecule has 102 valence electrons.